The predicted molar refractivity (Wildman–Crippen MR) is 73.2 cm³/mol. The molecular formula is C12H6ClFN4O3. The third kappa shape index (κ3) is 2.25. The number of rotatable bonds is 3. The molecule has 1 aromatic heterocycles. The van der Waals surface area contributed by atoms with Crippen LogP contribution in [0.25, 0.3) is 11.0 Å². The maximum Gasteiger partial charge on any atom is 0.323 e. The van der Waals surface area contributed by atoms with Crippen LogP contribution < -0.4 is 5.32 Å². The Labute approximate surface area is 121 Å². The number of halogens is 2. The lowest BCUT2D eigenvalue weighted by Crippen LogP contribution is -2.00. The van der Waals surface area contributed by atoms with Crippen LogP contribution >= 0.6 is 11.6 Å². The zero-order valence-electron chi connectivity index (χ0n) is 10.2. The zero-order chi connectivity index (χ0) is 15.0. The fourth-order valence-electron chi connectivity index (χ4n) is 1.87. The number of benzene rings is 2. The number of nitro benzene ring substituents is 1. The molecule has 9 heteroatoms. The smallest absolute Gasteiger partial charge is 0.323 e. The number of fused-ring (bicyclic) bond motifs is 1. The fourth-order valence-corrected chi connectivity index (χ4v) is 2.04. The average Bonchev–Trinajstić information content (AvgIpc) is 2.91. The van der Waals surface area contributed by atoms with E-state index in [1.54, 1.807) is 0 Å². The van der Waals surface area contributed by atoms with E-state index in [1.807, 2.05) is 0 Å². The van der Waals surface area contributed by atoms with Gasteiger partial charge in [-0.2, -0.15) is 0 Å². The minimum absolute atomic E-state index is 0.0152. The molecule has 21 heavy (non-hydrogen) atoms. The van der Waals surface area contributed by atoms with Gasteiger partial charge in [0.2, 0.25) is 5.52 Å². The van der Waals surface area contributed by atoms with Crippen molar-refractivity contribution in [3.8, 4) is 0 Å². The van der Waals surface area contributed by atoms with Gasteiger partial charge in [-0.15, -0.1) is 0 Å². The topological polar surface area (TPSA) is 94.1 Å². The molecule has 0 amide bonds. The molecule has 0 atom stereocenters. The first-order chi connectivity index (χ1) is 10.1. The maximum absolute atomic E-state index is 13.9. The van der Waals surface area contributed by atoms with E-state index in [-0.39, 0.29) is 33.1 Å². The zero-order valence-corrected chi connectivity index (χ0v) is 11.0. The lowest BCUT2D eigenvalue weighted by Gasteiger charge is -2.08. The van der Waals surface area contributed by atoms with Gasteiger partial charge < -0.3 is 5.32 Å². The number of nitrogens with one attached hydrogen (secondary N) is 1. The standard InChI is InChI=1S/C12H6ClFN4O3/c13-6-2-1-3-7(10(6)14)15-9-5-4-8-11(17-21-16-8)12(9)18(19)20/h1-5,15H. The molecule has 0 radical (unpaired) electrons. The van der Waals surface area contributed by atoms with Gasteiger partial charge >= 0.3 is 5.69 Å². The van der Waals surface area contributed by atoms with E-state index in [0.717, 1.165) is 0 Å². The van der Waals surface area contributed by atoms with Gasteiger partial charge in [0.15, 0.2) is 5.82 Å². The van der Waals surface area contributed by atoms with E-state index in [4.69, 9.17) is 11.6 Å². The lowest BCUT2D eigenvalue weighted by atomic mass is 10.2. The van der Waals surface area contributed by atoms with Crippen LogP contribution in [0.15, 0.2) is 35.0 Å². The molecule has 3 aromatic rings. The Hall–Kier alpha value is -2.74. The minimum Gasteiger partial charge on any atom is -0.347 e. The molecule has 7 nitrogen and oxygen atoms in total. The van der Waals surface area contributed by atoms with Crippen molar-refractivity contribution in [3.63, 3.8) is 0 Å². The van der Waals surface area contributed by atoms with Crippen molar-refractivity contribution in [2.75, 3.05) is 5.32 Å². The van der Waals surface area contributed by atoms with E-state index >= 15 is 0 Å². The molecule has 0 saturated carbocycles. The minimum atomic E-state index is -0.702. The van der Waals surface area contributed by atoms with Gasteiger partial charge in [0.25, 0.3) is 0 Å². The molecule has 2 aromatic carbocycles. The third-order valence-corrected chi connectivity index (χ3v) is 3.10. The summed E-state index contributed by atoms with van der Waals surface area (Å²) in [5.74, 6) is -0.702. The summed E-state index contributed by atoms with van der Waals surface area (Å²) in [6.45, 7) is 0. The second-order valence-corrected chi connectivity index (χ2v) is 4.48. The highest BCUT2D eigenvalue weighted by Gasteiger charge is 2.23. The fraction of sp³-hybridized carbons (Fsp3) is 0. The van der Waals surface area contributed by atoms with Crippen molar-refractivity contribution in [1.29, 1.82) is 0 Å². The summed E-state index contributed by atoms with van der Waals surface area (Å²) >= 11 is 5.67. The third-order valence-electron chi connectivity index (χ3n) is 2.80. The van der Waals surface area contributed by atoms with Gasteiger partial charge in [0.1, 0.15) is 11.2 Å². The van der Waals surface area contributed by atoms with Gasteiger partial charge in [0, 0.05) is 0 Å². The second kappa shape index (κ2) is 4.98. The van der Waals surface area contributed by atoms with E-state index in [0.29, 0.717) is 0 Å². The van der Waals surface area contributed by atoms with Crippen LogP contribution in [0.2, 0.25) is 5.02 Å². The quantitative estimate of drug-likeness (QED) is 0.586. The number of hydrogen-bond donors (Lipinski definition) is 1. The molecule has 0 fully saturated rings. The molecule has 0 bridgehead atoms. The normalized spacial score (nSPS) is 10.8. The van der Waals surface area contributed by atoms with E-state index in [1.165, 1.54) is 30.3 Å². The van der Waals surface area contributed by atoms with Gasteiger partial charge in [-0.25, -0.2) is 9.02 Å². The van der Waals surface area contributed by atoms with Crippen LogP contribution in [-0.2, 0) is 0 Å². The van der Waals surface area contributed by atoms with Crippen molar-refractivity contribution in [2.24, 2.45) is 0 Å². The van der Waals surface area contributed by atoms with Crippen molar-refractivity contribution in [3.05, 3.63) is 51.3 Å². The number of nitro groups is 1. The Kier molecular flexibility index (Phi) is 3.15. The van der Waals surface area contributed by atoms with Crippen molar-refractivity contribution < 1.29 is 13.9 Å². The van der Waals surface area contributed by atoms with Crippen molar-refractivity contribution >= 4 is 39.7 Å². The van der Waals surface area contributed by atoms with Gasteiger partial charge in [-0.3, -0.25) is 10.1 Å². The Morgan fingerprint density at radius 1 is 1.24 bits per heavy atom. The number of nitrogens with zero attached hydrogens (tertiary/aromatic N) is 3. The highest BCUT2D eigenvalue weighted by molar-refractivity contribution is 6.31. The van der Waals surface area contributed by atoms with Crippen LogP contribution in [0.3, 0.4) is 0 Å². The highest BCUT2D eigenvalue weighted by atomic mass is 35.5. The molecule has 1 N–H and O–H groups in total. The molecule has 0 aliphatic carbocycles. The van der Waals surface area contributed by atoms with Gasteiger partial charge in [0.05, 0.1) is 15.6 Å². The summed E-state index contributed by atoms with van der Waals surface area (Å²) in [5.41, 5.74) is -0.0647. The molecule has 106 valence electrons. The molecule has 1 heterocycles. The van der Waals surface area contributed by atoms with Gasteiger partial charge in [-0.05, 0) is 34.6 Å². The monoisotopic (exact) mass is 308 g/mol. The summed E-state index contributed by atoms with van der Waals surface area (Å²) in [6, 6.07) is 7.18. The van der Waals surface area contributed by atoms with Crippen LogP contribution in [0.5, 0.6) is 0 Å². The summed E-state index contributed by atoms with van der Waals surface area (Å²) < 4.78 is 18.3. The molecule has 0 aliphatic heterocycles. The van der Waals surface area contributed by atoms with Crippen molar-refractivity contribution in [2.45, 2.75) is 0 Å². The first kappa shape index (κ1) is 13.3. The second-order valence-electron chi connectivity index (χ2n) is 4.08. The summed E-state index contributed by atoms with van der Waals surface area (Å²) in [5, 5.41) is 20.8. The van der Waals surface area contributed by atoms with Crippen LogP contribution in [-0.4, -0.2) is 15.2 Å². The molecule has 3 rings (SSSR count). The molecule has 0 unspecified atom stereocenters. The Morgan fingerprint density at radius 3 is 2.81 bits per heavy atom. The largest absolute Gasteiger partial charge is 0.347 e. The van der Waals surface area contributed by atoms with Crippen LogP contribution in [0.4, 0.5) is 21.5 Å². The van der Waals surface area contributed by atoms with E-state index in [9.17, 15) is 14.5 Å². The molecular weight excluding hydrogens is 303 g/mol. The number of hydrogen-bond acceptors (Lipinski definition) is 6. The SMILES string of the molecule is O=[N+]([O-])c1c(Nc2cccc(Cl)c2F)ccc2nonc12. The number of aromatic nitrogens is 2. The van der Waals surface area contributed by atoms with Crippen LogP contribution in [0.1, 0.15) is 0 Å². The maximum atomic E-state index is 13.9. The average molecular weight is 309 g/mol. The summed E-state index contributed by atoms with van der Waals surface area (Å²) in [7, 11) is 0. The molecule has 0 aliphatic rings. The Balaban J connectivity index is 2.14. The first-order valence-electron chi connectivity index (χ1n) is 5.68. The number of anilines is 2. The van der Waals surface area contributed by atoms with Gasteiger partial charge in [-0.1, -0.05) is 17.7 Å². The Morgan fingerprint density at radius 2 is 2.05 bits per heavy atom. The molecule has 0 spiro atoms. The predicted octanol–water partition coefficient (Wildman–Crippen LogP) is 3.67. The van der Waals surface area contributed by atoms with E-state index in [2.05, 4.69) is 20.3 Å². The Bertz CT molecular complexity index is 852. The lowest BCUT2D eigenvalue weighted by molar-refractivity contribution is -0.382. The summed E-state index contributed by atoms with van der Waals surface area (Å²) in [4.78, 5) is 10.6. The molecule has 0 saturated heterocycles. The highest BCUT2D eigenvalue weighted by Crippen LogP contribution is 2.34. The summed E-state index contributed by atoms with van der Waals surface area (Å²) in [6.07, 6.45) is 0. The van der Waals surface area contributed by atoms with Crippen molar-refractivity contribution in [1.82, 2.24) is 10.3 Å². The first-order valence-corrected chi connectivity index (χ1v) is 6.06. The van der Waals surface area contributed by atoms with Crippen LogP contribution in [0, 0.1) is 15.9 Å². The van der Waals surface area contributed by atoms with E-state index < -0.39 is 10.7 Å².